The molecule has 6 heteroatoms. The first-order valence-electron chi connectivity index (χ1n) is 34.7. The van der Waals surface area contributed by atoms with Crippen LogP contribution >= 0.6 is 0 Å². The molecular weight excluding hydrogens is 997 g/mol. The number of ether oxygens (including phenoxy) is 3. The van der Waals surface area contributed by atoms with E-state index >= 15 is 0 Å². The average molecular weight is 1130 g/mol. The molecule has 0 amide bonds. The third kappa shape index (κ3) is 67.0. The van der Waals surface area contributed by atoms with Crippen molar-refractivity contribution in [1.29, 1.82) is 0 Å². The summed E-state index contributed by atoms with van der Waals surface area (Å²) in [5.41, 5.74) is 0. The molecule has 0 aromatic carbocycles. The topological polar surface area (TPSA) is 78.9 Å². The lowest BCUT2D eigenvalue weighted by molar-refractivity contribution is -0.167. The predicted octanol–water partition coefficient (Wildman–Crippen LogP) is 24.0. The number of rotatable bonds is 63. The van der Waals surface area contributed by atoms with Gasteiger partial charge in [0.05, 0.1) is 0 Å². The largest absolute Gasteiger partial charge is 0.462 e. The highest BCUT2D eigenvalue weighted by Crippen LogP contribution is 2.17. The first-order valence-corrected chi connectivity index (χ1v) is 34.7. The molecule has 0 heterocycles. The van der Waals surface area contributed by atoms with Gasteiger partial charge in [-0.1, -0.05) is 298 Å². The Labute approximate surface area is 502 Å². The van der Waals surface area contributed by atoms with Crippen LogP contribution < -0.4 is 0 Å². The highest BCUT2D eigenvalue weighted by atomic mass is 16.6. The minimum absolute atomic E-state index is 0.0833. The molecule has 0 saturated carbocycles. The molecule has 0 aliphatic carbocycles. The minimum atomic E-state index is -0.789. The summed E-state index contributed by atoms with van der Waals surface area (Å²) in [6.45, 7) is 6.52. The smallest absolute Gasteiger partial charge is 0.306 e. The van der Waals surface area contributed by atoms with E-state index in [1.165, 1.54) is 180 Å². The van der Waals surface area contributed by atoms with Gasteiger partial charge in [-0.2, -0.15) is 0 Å². The number of esters is 3. The van der Waals surface area contributed by atoms with E-state index in [2.05, 4.69) is 118 Å². The maximum atomic E-state index is 12.9. The van der Waals surface area contributed by atoms with Crippen molar-refractivity contribution in [2.24, 2.45) is 0 Å². The van der Waals surface area contributed by atoms with Gasteiger partial charge in [0, 0.05) is 19.3 Å². The fourth-order valence-corrected chi connectivity index (χ4v) is 9.85. The van der Waals surface area contributed by atoms with Crippen LogP contribution in [0.5, 0.6) is 0 Å². The summed E-state index contributed by atoms with van der Waals surface area (Å²) in [6.07, 6.45) is 92.9. The molecule has 466 valence electrons. The molecule has 0 aromatic heterocycles. The molecule has 0 bridgehead atoms. The first-order chi connectivity index (χ1) is 40.0. The molecule has 6 nitrogen and oxygen atoms in total. The van der Waals surface area contributed by atoms with Crippen molar-refractivity contribution in [2.45, 2.75) is 348 Å². The number of hydrogen-bond donors (Lipinski definition) is 0. The first kappa shape index (κ1) is 77.3. The number of carbonyl (C=O) groups is 3. The second kappa shape index (κ2) is 68.8. The lowest BCUT2D eigenvalue weighted by Gasteiger charge is -2.18. The normalized spacial score (nSPS) is 12.7. The fourth-order valence-electron chi connectivity index (χ4n) is 9.85. The van der Waals surface area contributed by atoms with Gasteiger partial charge < -0.3 is 14.2 Å². The summed E-state index contributed by atoms with van der Waals surface area (Å²) in [4.78, 5) is 38.4. The van der Waals surface area contributed by atoms with Crippen LogP contribution in [-0.4, -0.2) is 37.2 Å². The van der Waals surface area contributed by atoms with Crippen LogP contribution in [0, 0.1) is 0 Å². The van der Waals surface area contributed by atoms with Gasteiger partial charge in [0.15, 0.2) is 6.10 Å². The van der Waals surface area contributed by atoms with E-state index in [0.29, 0.717) is 19.3 Å². The van der Waals surface area contributed by atoms with Crippen LogP contribution in [0.3, 0.4) is 0 Å². The Morgan fingerprint density at radius 3 is 0.778 bits per heavy atom. The summed E-state index contributed by atoms with van der Waals surface area (Å²) in [5.74, 6) is -0.891. The zero-order valence-corrected chi connectivity index (χ0v) is 53.5. The molecule has 0 aliphatic rings. The molecule has 0 aromatic rings. The lowest BCUT2D eigenvalue weighted by atomic mass is 10.0. The van der Waals surface area contributed by atoms with Gasteiger partial charge in [0.25, 0.3) is 0 Å². The van der Waals surface area contributed by atoms with E-state index < -0.39 is 6.10 Å². The van der Waals surface area contributed by atoms with Gasteiger partial charge >= 0.3 is 17.9 Å². The molecule has 81 heavy (non-hydrogen) atoms. The SMILES string of the molecule is CC/C=C\C/C=C\C/C=C\C/C=C\C/C=C\CCCCCCCCCCCCCCCCCC(=O)OCC(COC(=O)CCCCCCC/C=C\CCCCCCCCC)OC(=O)CCCCCCC/C=C\C/C=C\CCCCCC. The van der Waals surface area contributed by atoms with Crippen LogP contribution in [0.25, 0.3) is 0 Å². The second-order valence-electron chi connectivity index (χ2n) is 23.1. The highest BCUT2D eigenvalue weighted by molar-refractivity contribution is 5.71. The maximum Gasteiger partial charge on any atom is 0.306 e. The maximum absolute atomic E-state index is 12.9. The molecule has 0 aliphatic heterocycles. The molecule has 0 fully saturated rings. The van der Waals surface area contributed by atoms with Crippen LogP contribution in [0.4, 0.5) is 0 Å². The Morgan fingerprint density at radius 2 is 0.481 bits per heavy atom. The van der Waals surface area contributed by atoms with Crippen LogP contribution in [0.2, 0.25) is 0 Å². The van der Waals surface area contributed by atoms with Gasteiger partial charge in [0.2, 0.25) is 0 Å². The molecule has 0 saturated heterocycles. The highest BCUT2D eigenvalue weighted by Gasteiger charge is 2.19. The standard InChI is InChI=1S/C75H130O6/c1-4-7-10-13-16-19-22-25-28-31-32-33-34-35-36-37-38-39-40-41-42-43-44-45-48-50-53-56-59-62-65-68-74(77)80-71-72(81-75(78)69-66-63-60-57-54-51-47-30-27-24-21-18-15-12-9-6-3)70-79-73(76)67-64-61-58-55-52-49-46-29-26-23-20-17-14-11-8-5-2/h7,10,16,19,21,24-25,28-30,32-33,35-36,46-47,72H,4-6,8-9,11-15,17-18,20,22-23,26-27,31,34,37-45,48-71H2,1-3H3/b10-7-,19-16-,24-21-,28-25-,33-32-,36-35-,46-29-,47-30-. The number of unbranched alkanes of at least 4 members (excludes halogenated alkanes) is 36. The van der Waals surface area contributed by atoms with Crippen molar-refractivity contribution >= 4 is 17.9 Å². The molecule has 1 atom stereocenters. The van der Waals surface area contributed by atoms with E-state index in [9.17, 15) is 14.4 Å². The van der Waals surface area contributed by atoms with E-state index in [-0.39, 0.29) is 31.1 Å². The zero-order valence-electron chi connectivity index (χ0n) is 53.5. The van der Waals surface area contributed by atoms with Gasteiger partial charge in [-0.3, -0.25) is 14.4 Å². The Hall–Kier alpha value is -3.67. The Kier molecular flexibility index (Phi) is 65.7. The van der Waals surface area contributed by atoms with E-state index in [1.807, 2.05) is 0 Å². The van der Waals surface area contributed by atoms with Gasteiger partial charge in [-0.15, -0.1) is 0 Å². The summed E-state index contributed by atoms with van der Waals surface area (Å²) in [5, 5.41) is 0. The van der Waals surface area contributed by atoms with E-state index in [1.54, 1.807) is 0 Å². The lowest BCUT2D eigenvalue weighted by Crippen LogP contribution is -2.30. The van der Waals surface area contributed by atoms with Gasteiger partial charge in [0.1, 0.15) is 13.2 Å². The van der Waals surface area contributed by atoms with Crippen molar-refractivity contribution in [1.82, 2.24) is 0 Å². The summed E-state index contributed by atoms with van der Waals surface area (Å²) < 4.78 is 17.0. The third-order valence-corrected chi connectivity index (χ3v) is 15.0. The quantitative estimate of drug-likeness (QED) is 0.0261. The molecule has 0 radical (unpaired) electrons. The van der Waals surface area contributed by atoms with Crippen LogP contribution in [-0.2, 0) is 28.6 Å². The molecule has 0 N–H and O–H groups in total. The summed E-state index contributed by atoms with van der Waals surface area (Å²) >= 11 is 0. The molecule has 0 rings (SSSR count). The van der Waals surface area contributed by atoms with Crippen molar-refractivity contribution in [3.63, 3.8) is 0 Å². The van der Waals surface area contributed by atoms with Crippen molar-refractivity contribution in [2.75, 3.05) is 13.2 Å². The van der Waals surface area contributed by atoms with Crippen molar-refractivity contribution in [3.8, 4) is 0 Å². The minimum Gasteiger partial charge on any atom is -0.462 e. The Bertz CT molecular complexity index is 1580. The fraction of sp³-hybridized carbons (Fsp3) is 0.747. The zero-order chi connectivity index (χ0) is 58.5. The molecule has 0 spiro atoms. The molecule has 1 unspecified atom stereocenters. The second-order valence-corrected chi connectivity index (χ2v) is 23.1. The van der Waals surface area contributed by atoms with Crippen LogP contribution in [0.15, 0.2) is 97.2 Å². The number of allylic oxidation sites excluding steroid dienone is 16. The van der Waals surface area contributed by atoms with Crippen molar-refractivity contribution < 1.29 is 28.6 Å². The number of carbonyl (C=O) groups excluding carboxylic acids is 3. The third-order valence-electron chi connectivity index (χ3n) is 15.0. The Balaban J connectivity index is 4.25. The molecular formula is C75H130O6. The number of hydrogen-bond acceptors (Lipinski definition) is 6. The average Bonchev–Trinajstić information content (AvgIpc) is 3.47. The summed E-state index contributed by atoms with van der Waals surface area (Å²) in [6, 6.07) is 0. The van der Waals surface area contributed by atoms with E-state index in [0.717, 1.165) is 122 Å². The van der Waals surface area contributed by atoms with Gasteiger partial charge in [-0.25, -0.2) is 0 Å². The van der Waals surface area contributed by atoms with Gasteiger partial charge in [-0.05, 0) is 122 Å². The predicted molar refractivity (Wildman–Crippen MR) is 353 cm³/mol. The summed E-state index contributed by atoms with van der Waals surface area (Å²) in [7, 11) is 0. The van der Waals surface area contributed by atoms with Crippen LogP contribution in [0.1, 0.15) is 342 Å². The van der Waals surface area contributed by atoms with Crippen molar-refractivity contribution in [3.05, 3.63) is 97.2 Å². The van der Waals surface area contributed by atoms with E-state index in [4.69, 9.17) is 14.2 Å². The monoisotopic (exact) mass is 1130 g/mol. The Morgan fingerprint density at radius 1 is 0.259 bits per heavy atom.